The van der Waals surface area contributed by atoms with Crippen LogP contribution in [0.2, 0.25) is 0 Å². The van der Waals surface area contributed by atoms with Crippen LogP contribution in [0.5, 0.6) is 0 Å². The lowest BCUT2D eigenvalue weighted by Gasteiger charge is -2.12. The fourth-order valence-electron chi connectivity index (χ4n) is 2.65. The molecule has 4 heteroatoms. The van der Waals surface area contributed by atoms with E-state index < -0.39 is 6.10 Å². The van der Waals surface area contributed by atoms with E-state index in [4.69, 9.17) is 4.42 Å². The summed E-state index contributed by atoms with van der Waals surface area (Å²) in [4.78, 5) is 4.45. The molecule has 0 saturated carbocycles. The van der Waals surface area contributed by atoms with Gasteiger partial charge in [0.1, 0.15) is 11.9 Å². The normalized spacial score (nSPS) is 26.7. The lowest BCUT2D eigenvalue weighted by molar-refractivity contribution is 0.0879. The number of nitrogens with zero attached hydrogens (tertiary/aromatic N) is 1. The van der Waals surface area contributed by atoms with Crippen molar-refractivity contribution in [3.8, 4) is 0 Å². The molecule has 16 heavy (non-hydrogen) atoms. The second kappa shape index (κ2) is 4.18. The number of fused-ring (bicyclic) bond motifs is 1. The fraction of sp³-hybridized carbons (Fsp3) is 0.750. The molecule has 0 amide bonds. The summed E-state index contributed by atoms with van der Waals surface area (Å²) < 4.78 is 5.69. The number of aryl methyl sites for hydroxylation is 2. The van der Waals surface area contributed by atoms with Crippen LogP contribution < -0.4 is 5.32 Å². The number of aliphatic hydroxyl groups is 1. The topological polar surface area (TPSA) is 58.3 Å². The zero-order valence-electron chi connectivity index (χ0n) is 9.41. The first-order chi connectivity index (χ1) is 7.84. The van der Waals surface area contributed by atoms with E-state index in [0.29, 0.717) is 5.89 Å². The van der Waals surface area contributed by atoms with Gasteiger partial charge >= 0.3 is 0 Å². The van der Waals surface area contributed by atoms with Crippen molar-refractivity contribution in [3.63, 3.8) is 0 Å². The van der Waals surface area contributed by atoms with Crippen molar-refractivity contribution in [3.05, 3.63) is 17.3 Å². The quantitative estimate of drug-likeness (QED) is 0.789. The summed E-state index contributed by atoms with van der Waals surface area (Å²) in [5.74, 6) is 1.81. The molecule has 2 unspecified atom stereocenters. The molecule has 88 valence electrons. The van der Waals surface area contributed by atoms with Crippen LogP contribution in [0.25, 0.3) is 0 Å². The smallest absolute Gasteiger partial charge is 0.223 e. The van der Waals surface area contributed by atoms with Gasteiger partial charge in [0.15, 0.2) is 0 Å². The Morgan fingerprint density at radius 1 is 1.38 bits per heavy atom. The number of hydrogen-bond donors (Lipinski definition) is 2. The summed E-state index contributed by atoms with van der Waals surface area (Å²) in [6.45, 7) is 1.86. The molecular formula is C12H18N2O2. The van der Waals surface area contributed by atoms with Crippen molar-refractivity contribution in [1.82, 2.24) is 10.3 Å². The van der Waals surface area contributed by atoms with Gasteiger partial charge in [-0.05, 0) is 32.2 Å². The van der Waals surface area contributed by atoms with Gasteiger partial charge in [0.05, 0.1) is 5.69 Å². The van der Waals surface area contributed by atoms with E-state index in [-0.39, 0.29) is 5.92 Å². The maximum atomic E-state index is 10.2. The standard InChI is InChI=1S/C12H18N2O2/c15-11(8-5-6-13-7-8)12-14-9-3-1-2-4-10(9)16-12/h8,11,13,15H,1-7H2. The molecule has 1 saturated heterocycles. The van der Waals surface area contributed by atoms with Gasteiger partial charge in [-0.25, -0.2) is 4.98 Å². The molecule has 1 fully saturated rings. The summed E-state index contributed by atoms with van der Waals surface area (Å²) >= 11 is 0. The van der Waals surface area contributed by atoms with Crippen molar-refractivity contribution in [2.75, 3.05) is 13.1 Å². The number of rotatable bonds is 2. The Balaban J connectivity index is 1.80. The summed E-state index contributed by atoms with van der Waals surface area (Å²) in [5, 5.41) is 13.4. The first kappa shape index (κ1) is 10.3. The highest BCUT2D eigenvalue weighted by Crippen LogP contribution is 2.30. The first-order valence-corrected chi connectivity index (χ1v) is 6.22. The highest BCUT2D eigenvalue weighted by Gasteiger charge is 2.29. The van der Waals surface area contributed by atoms with E-state index in [1.54, 1.807) is 0 Å². The summed E-state index contributed by atoms with van der Waals surface area (Å²) in [5.41, 5.74) is 1.08. The molecule has 2 aliphatic rings. The van der Waals surface area contributed by atoms with Crippen LogP contribution >= 0.6 is 0 Å². The van der Waals surface area contributed by atoms with Gasteiger partial charge in [-0.15, -0.1) is 0 Å². The van der Waals surface area contributed by atoms with E-state index in [9.17, 15) is 5.11 Å². The van der Waals surface area contributed by atoms with Gasteiger partial charge in [-0.2, -0.15) is 0 Å². The van der Waals surface area contributed by atoms with Crippen LogP contribution in [-0.2, 0) is 12.8 Å². The Kier molecular flexibility index (Phi) is 2.69. The molecule has 0 aromatic carbocycles. The van der Waals surface area contributed by atoms with Gasteiger partial charge in [-0.3, -0.25) is 0 Å². The molecule has 1 aliphatic carbocycles. The largest absolute Gasteiger partial charge is 0.443 e. The Labute approximate surface area is 95.1 Å². The van der Waals surface area contributed by atoms with Crippen LogP contribution in [0, 0.1) is 5.92 Å². The molecule has 1 aromatic heterocycles. The molecule has 3 rings (SSSR count). The third kappa shape index (κ3) is 1.76. The Bertz CT molecular complexity index is 346. The van der Waals surface area contributed by atoms with Crippen LogP contribution in [0.3, 0.4) is 0 Å². The summed E-state index contributed by atoms with van der Waals surface area (Å²) in [6, 6.07) is 0. The Hall–Kier alpha value is -0.870. The minimum atomic E-state index is -0.527. The van der Waals surface area contributed by atoms with Crippen LogP contribution in [0.1, 0.15) is 42.7 Å². The highest BCUT2D eigenvalue weighted by molar-refractivity contribution is 5.14. The van der Waals surface area contributed by atoms with Crippen molar-refractivity contribution < 1.29 is 9.52 Å². The molecule has 2 atom stereocenters. The Morgan fingerprint density at radius 3 is 3.00 bits per heavy atom. The average molecular weight is 222 g/mol. The summed E-state index contributed by atoms with van der Waals surface area (Å²) in [6.07, 6.45) is 4.85. The van der Waals surface area contributed by atoms with Crippen LogP contribution in [0.4, 0.5) is 0 Å². The number of aromatic nitrogens is 1. The van der Waals surface area contributed by atoms with Crippen molar-refractivity contribution in [1.29, 1.82) is 0 Å². The van der Waals surface area contributed by atoms with E-state index in [1.807, 2.05) is 0 Å². The third-order valence-corrected chi connectivity index (χ3v) is 3.66. The zero-order chi connectivity index (χ0) is 11.0. The average Bonchev–Trinajstić information content (AvgIpc) is 2.97. The molecule has 2 heterocycles. The molecule has 1 aliphatic heterocycles. The van der Waals surface area contributed by atoms with Crippen molar-refractivity contribution in [2.45, 2.75) is 38.2 Å². The summed E-state index contributed by atoms with van der Waals surface area (Å²) in [7, 11) is 0. The fourth-order valence-corrected chi connectivity index (χ4v) is 2.65. The number of aliphatic hydroxyl groups excluding tert-OH is 1. The SMILES string of the molecule is OC(c1nc2c(o1)CCCC2)C1CCNC1. The number of hydrogen-bond acceptors (Lipinski definition) is 4. The van der Waals surface area contributed by atoms with E-state index in [0.717, 1.165) is 43.8 Å². The molecule has 4 nitrogen and oxygen atoms in total. The Morgan fingerprint density at radius 2 is 2.25 bits per heavy atom. The second-order valence-electron chi connectivity index (χ2n) is 4.83. The van der Waals surface area contributed by atoms with Crippen molar-refractivity contribution >= 4 is 0 Å². The molecule has 0 spiro atoms. The molecule has 0 bridgehead atoms. The molecule has 2 N–H and O–H groups in total. The second-order valence-corrected chi connectivity index (χ2v) is 4.83. The lowest BCUT2D eigenvalue weighted by atomic mass is 10.0. The monoisotopic (exact) mass is 222 g/mol. The molecular weight excluding hydrogens is 204 g/mol. The van der Waals surface area contributed by atoms with Gasteiger partial charge < -0.3 is 14.8 Å². The predicted octanol–water partition coefficient (Wildman–Crippen LogP) is 1.20. The number of nitrogens with one attached hydrogen (secondary N) is 1. The molecule has 0 radical (unpaired) electrons. The predicted molar refractivity (Wildman–Crippen MR) is 59.1 cm³/mol. The maximum absolute atomic E-state index is 10.2. The number of oxazole rings is 1. The first-order valence-electron chi connectivity index (χ1n) is 6.22. The van der Waals surface area contributed by atoms with Gasteiger partial charge in [0, 0.05) is 18.9 Å². The van der Waals surface area contributed by atoms with Gasteiger partial charge in [0.2, 0.25) is 5.89 Å². The van der Waals surface area contributed by atoms with Gasteiger partial charge in [0.25, 0.3) is 0 Å². The highest BCUT2D eigenvalue weighted by atomic mass is 16.4. The van der Waals surface area contributed by atoms with Gasteiger partial charge in [-0.1, -0.05) is 0 Å². The van der Waals surface area contributed by atoms with E-state index in [2.05, 4.69) is 10.3 Å². The maximum Gasteiger partial charge on any atom is 0.223 e. The minimum Gasteiger partial charge on any atom is -0.443 e. The van der Waals surface area contributed by atoms with E-state index >= 15 is 0 Å². The van der Waals surface area contributed by atoms with Crippen molar-refractivity contribution in [2.24, 2.45) is 5.92 Å². The lowest BCUT2D eigenvalue weighted by Crippen LogP contribution is -2.16. The van der Waals surface area contributed by atoms with Crippen LogP contribution in [-0.4, -0.2) is 23.2 Å². The zero-order valence-corrected chi connectivity index (χ0v) is 9.41. The minimum absolute atomic E-state index is 0.264. The third-order valence-electron chi connectivity index (χ3n) is 3.66. The molecule has 1 aromatic rings. The van der Waals surface area contributed by atoms with Crippen LogP contribution in [0.15, 0.2) is 4.42 Å². The van der Waals surface area contributed by atoms with E-state index in [1.165, 1.54) is 12.8 Å².